The van der Waals surface area contributed by atoms with Gasteiger partial charge in [0, 0.05) is 31.3 Å². The molecule has 1 heterocycles. The second-order valence-corrected chi connectivity index (χ2v) is 12.0. The van der Waals surface area contributed by atoms with Crippen LogP contribution in [0.3, 0.4) is 0 Å². The second kappa shape index (κ2) is 16.9. The molecule has 4 atom stereocenters. The number of carboxylic acids is 1. The molecular formula is C34H41N5O10. The van der Waals surface area contributed by atoms with Gasteiger partial charge in [0.25, 0.3) is 0 Å². The van der Waals surface area contributed by atoms with E-state index in [9.17, 15) is 43.8 Å². The molecule has 2 unspecified atom stereocenters. The van der Waals surface area contributed by atoms with E-state index in [4.69, 9.17) is 4.42 Å². The lowest BCUT2D eigenvalue weighted by atomic mass is 10.0. The predicted octanol–water partition coefficient (Wildman–Crippen LogP) is 0.776. The summed E-state index contributed by atoms with van der Waals surface area (Å²) in [6.45, 7) is 7.60. The Kier molecular flexibility index (Phi) is 13.0. The Morgan fingerprint density at radius 1 is 0.776 bits per heavy atom. The average Bonchev–Trinajstić information content (AvgIpc) is 3.01. The van der Waals surface area contributed by atoms with Crippen LogP contribution in [0.2, 0.25) is 0 Å². The molecule has 15 nitrogen and oxygen atoms in total. The number of amides is 5. The van der Waals surface area contributed by atoms with Crippen molar-refractivity contribution in [3.05, 3.63) is 75.6 Å². The van der Waals surface area contributed by atoms with Gasteiger partial charge < -0.3 is 41.2 Å². The Morgan fingerprint density at radius 3 is 2.04 bits per heavy atom. The van der Waals surface area contributed by atoms with Crippen LogP contribution < -0.4 is 32.2 Å². The molecule has 0 radical (unpaired) electrons. The first-order chi connectivity index (χ1) is 23.0. The summed E-state index contributed by atoms with van der Waals surface area (Å²) in [4.78, 5) is 87.6. The number of rotatable bonds is 15. The molecule has 0 fully saturated rings. The third kappa shape index (κ3) is 11.2. The van der Waals surface area contributed by atoms with Crippen molar-refractivity contribution in [2.75, 3.05) is 0 Å². The van der Waals surface area contributed by atoms with Gasteiger partial charge in [0.1, 0.15) is 35.5 Å². The molecule has 15 heteroatoms. The Bertz CT molecular complexity index is 1770. The third-order valence-electron chi connectivity index (χ3n) is 7.56. The average molecular weight is 680 g/mol. The molecular weight excluding hydrogens is 638 g/mol. The maximum absolute atomic E-state index is 13.2. The molecule has 0 saturated heterocycles. The number of aromatic hydroxyl groups is 1. The first-order valence-corrected chi connectivity index (χ1v) is 15.5. The fourth-order valence-corrected chi connectivity index (χ4v) is 4.95. The lowest BCUT2D eigenvalue weighted by molar-refractivity contribution is -0.141. The van der Waals surface area contributed by atoms with Gasteiger partial charge >= 0.3 is 11.6 Å². The normalized spacial score (nSPS) is 13.4. The van der Waals surface area contributed by atoms with Crippen LogP contribution in [-0.2, 0) is 41.7 Å². The van der Waals surface area contributed by atoms with Crippen LogP contribution in [0, 0.1) is 12.8 Å². The number of benzene rings is 2. The Hall–Kier alpha value is -5.73. The molecule has 0 bridgehead atoms. The van der Waals surface area contributed by atoms with Gasteiger partial charge in [0.15, 0.2) is 0 Å². The maximum atomic E-state index is 13.2. The summed E-state index contributed by atoms with van der Waals surface area (Å²) in [7, 11) is 0. The Labute approximate surface area is 281 Å². The van der Waals surface area contributed by atoms with Crippen LogP contribution in [-0.4, -0.2) is 69.9 Å². The summed E-state index contributed by atoms with van der Waals surface area (Å²) >= 11 is 0. The van der Waals surface area contributed by atoms with Crippen molar-refractivity contribution in [1.29, 1.82) is 0 Å². The van der Waals surface area contributed by atoms with E-state index in [-0.39, 0.29) is 18.7 Å². The summed E-state index contributed by atoms with van der Waals surface area (Å²) in [5, 5.41) is 32.2. The monoisotopic (exact) mass is 679 g/mol. The predicted molar refractivity (Wildman–Crippen MR) is 177 cm³/mol. The molecule has 0 saturated carbocycles. The molecule has 0 aliphatic carbocycles. The van der Waals surface area contributed by atoms with Crippen LogP contribution in [0.4, 0.5) is 0 Å². The van der Waals surface area contributed by atoms with Crippen LogP contribution in [0.1, 0.15) is 50.8 Å². The van der Waals surface area contributed by atoms with Crippen LogP contribution in [0.25, 0.3) is 11.0 Å². The minimum atomic E-state index is -1.50. The number of hydrogen-bond acceptors (Lipinski definition) is 9. The van der Waals surface area contributed by atoms with Crippen molar-refractivity contribution in [1.82, 2.24) is 26.6 Å². The van der Waals surface area contributed by atoms with Gasteiger partial charge in [-0.05, 0) is 54.7 Å². The van der Waals surface area contributed by atoms with E-state index in [0.29, 0.717) is 27.7 Å². The van der Waals surface area contributed by atoms with E-state index >= 15 is 0 Å². The summed E-state index contributed by atoms with van der Waals surface area (Å²) in [6, 6.07) is 7.48. The smallest absolute Gasteiger partial charge is 0.336 e. The van der Waals surface area contributed by atoms with E-state index in [1.165, 1.54) is 32.0 Å². The standard InChI is InChI=1S/C34H41N5O10/c1-17(2)30(39-33(47)25(37-20(5)40)13-21-6-9-23(41)10-7-21)34(48)36-19(4)31(45)38-26(15-28(42)43)32(46)35-16-22-8-11-24-18(3)12-29(44)49-27(24)14-22/h6-12,14,17,19,25-26,30,41H,13,15-16H2,1-5H3,(H,35,46)(H,36,48)(H,37,40)(H,38,45)(H,39,47)(H,42,43)/t19?,25?,26-,30-/m0/s1. The van der Waals surface area contributed by atoms with Crippen molar-refractivity contribution in [3.8, 4) is 5.75 Å². The zero-order valence-corrected chi connectivity index (χ0v) is 27.8. The van der Waals surface area contributed by atoms with Crippen molar-refractivity contribution in [2.24, 2.45) is 5.92 Å². The van der Waals surface area contributed by atoms with Gasteiger partial charge in [-0.15, -0.1) is 0 Å². The number of nitrogens with one attached hydrogen (secondary N) is 5. The highest BCUT2D eigenvalue weighted by Gasteiger charge is 2.31. The molecule has 5 amide bonds. The summed E-state index contributed by atoms with van der Waals surface area (Å²) in [5.41, 5.74) is 1.70. The lowest BCUT2D eigenvalue weighted by Gasteiger charge is -2.27. The molecule has 0 spiro atoms. The van der Waals surface area contributed by atoms with E-state index in [0.717, 1.165) is 0 Å². The SMILES string of the molecule is CC(=O)NC(Cc1ccc(O)cc1)C(=O)N[C@H](C(=O)NC(C)C(=O)N[C@@H](CC(=O)O)C(=O)NCc1ccc2c(C)cc(=O)oc2c1)C(C)C. The van der Waals surface area contributed by atoms with Gasteiger partial charge in [-0.2, -0.15) is 0 Å². The summed E-state index contributed by atoms with van der Waals surface area (Å²) in [5.74, 6) is -5.30. The van der Waals surface area contributed by atoms with E-state index in [1.807, 2.05) is 0 Å². The highest BCUT2D eigenvalue weighted by Crippen LogP contribution is 2.18. The second-order valence-electron chi connectivity index (χ2n) is 12.0. The Balaban J connectivity index is 1.64. The number of aliphatic carboxylic acids is 1. The minimum absolute atomic E-state index is 0.0299. The lowest BCUT2D eigenvalue weighted by Crippen LogP contribution is -2.59. The quantitative estimate of drug-likeness (QED) is 0.112. The number of hydrogen-bond donors (Lipinski definition) is 7. The molecule has 0 aliphatic heterocycles. The fraction of sp³-hybridized carbons (Fsp3) is 0.382. The largest absolute Gasteiger partial charge is 0.508 e. The topological polar surface area (TPSA) is 233 Å². The van der Waals surface area contributed by atoms with Crippen molar-refractivity contribution in [2.45, 2.75) is 78.2 Å². The number of phenols is 1. The summed E-state index contributed by atoms with van der Waals surface area (Å²) in [6.07, 6.45) is -0.679. The van der Waals surface area contributed by atoms with Gasteiger partial charge in [-0.1, -0.05) is 38.1 Å². The third-order valence-corrected chi connectivity index (χ3v) is 7.56. The van der Waals surface area contributed by atoms with Crippen LogP contribution >= 0.6 is 0 Å². The Morgan fingerprint density at radius 2 is 1.43 bits per heavy atom. The zero-order chi connectivity index (χ0) is 36.4. The van der Waals surface area contributed by atoms with Crippen molar-refractivity contribution < 1.29 is 43.4 Å². The molecule has 49 heavy (non-hydrogen) atoms. The highest BCUT2D eigenvalue weighted by atomic mass is 16.4. The molecule has 3 rings (SSSR count). The number of phenolic OH excluding ortho intramolecular Hbond substituents is 1. The molecule has 2 aromatic carbocycles. The number of carboxylic acid groups (broad SMARTS) is 1. The van der Waals surface area contributed by atoms with Gasteiger partial charge in [-0.25, -0.2) is 4.79 Å². The fourth-order valence-electron chi connectivity index (χ4n) is 4.95. The first kappa shape index (κ1) is 37.7. The molecule has 1 aromatic heterocycles. The maximum Gasteiger partial charge on any atom is 0.336 e. The van der Waals surface area contributed by atoms with E-state index < -0.39 is 77.6 Å². The van der Waals surface area contributed by atoms with Gasteiger partial charge in [-0.3, -0.25) is 28.8 Å². The highest BCUT2D eigenvalue weighted by molar-refractivity contribution is 5.96. The molecule has 0 aliphatic rings. The van der Waals surface area contributed by atoms with Crippen LogP contribution in [0.15, 0.2) is 57.7 Å². The number of aryl methyl sites for hydroxylation is 1. The molecule has 7 N–H and O–H groups in total. The van der Waals surface area contributed by atoms with Crippen molar-refractivity contribution >= 4 is 46.5 Å². The zero-order valence-electron chi connectivity index (χ0n) is 27.8. The van der Waals surface area contributed by atoms with Gasteiger partial charge in [0.2, 0.25) is 29.5 Å². The molecule has 3 aromatic rings. The van der Waals surface area contributed by atoms with E-state index in [1.54, 1.807) is 51.1 Å². The van der Waals surface area contributed by atoms with Gasteiger partial charge in [0.05, 0.1) is 6.42 Å². The number of carbonyl (C=O) groups excluding carboxylic acids is 5. The molecule has 262 valence electrons. The van der Waals surface area contributed by atoms with E-state index in [2.05, 4.69) is 26.6 Å². The first-order valence-electron chi connectivity index (χ1n) is 15.5. The number of fused-ring (bicyclic) bond motifs is 1. The number of carbonyl (C=O) groups is 6. The minimum Gasteiger partial charge on any atom is -0.508 e. The summed E-state index contributed by atoms with van der Waals surface area (Å²) < 4.78 is 5.22. The van der Waals surface area contributed by atoms with Crippen LogP contribution in [0.5, 0.6) is 5.75 Å². The van der Waals surface area contributed by atoms with Crippen molar-refractivity contribution in [3.63, 3.8) is 0 Å².